The van der Waals surface area contributed by atoms with E-state index in [0.717, 1.165) is 37.9 Å². The molecule has 1 aliphatic heterocycles. The van der Waals surface area contributed by atoms with E-state index in [4.69, 9.17) is 4.74 Å². The number of carbonyl (C=O) groups is 2. The molecule has 7 nitrogen and oxygen atoms in total. The van der Waals surface area contributed by atoms with Crippen molar-refractivity contribution < 1.29 is 29.6 Å². The second kappa shape index (κ2) is 14.8. The molecule has 5 aromatic rings. The number of fused-ring (bicyclic) bond motifs is 2. The quantitative estimate of drug-likeness (QED) is 0.0715. The first-order valence-electron chi connectivity index (χ1n) is 17.0. The average molecular weight is 686 g/mol. The number of hydrogen-bond donors (Lipinski definition) is 3. The Labute approximate surface area is 295 Å². The Bertz CT molecular complexity index is 2040. The van der Waals surface area contributed by atoms with Gasteiger partial charge in [0.1, 0.15) is 18.1 Å². The van der Waals surface area contributed by atoms with Gasteiger partial charge in [0.15, 0.2) is 0 Å². The Kier molecular flexibility index (Phi) is 9.94. The minimum Gasteiger partial charge on any atom is -0.507 e. The van der Waals surface area contributed by atoms with E-state index in [0.29, 0.717) is 24.2 Å². The minimum absolute atomic E-state index is 0.128. The van der Waals surface area contributed by atoms with Gasteiger partial charge in [0, 0.05) is 16.2 Å². The number of rotatable bonds is 12. The van der Waals surface area contributed by atoms with E-state index in [-0.39, 0.29) is 43.7 Å². The Morgan fingerprint density at radius 1 is 0.880 bits per heavy atom. The molecule has 254 valence electrons. The van der Waals surface area contributed by atoms with E-state index in [2.05, 4.69) is 6.08 Å². The van der Waals surface area contributed by atoms with Crippen molar-refractivity contribution in [2.24, 2.45) is 17.8 Å². The molecule has 7 rings (SSSR count). The van der Waals surface area contributed by atoms with E-state index in [9.17, 15) is 24.9 Å². The van der Waals surface area contributed by atoms with Gasteiger partial charge in [-0.3, -0.25) is 14.5 Å². The van der Waals surface area contributed by atoms with Gasteiger partial charge in [-0.05, 0) is 82.1 Å². The molecule has 1 fully saturated rings. The van der Waals surface area contributed by atoms with E-state index in [1.807, 2.05) is 109 Å². The molecule has 0 unspecified atom stereocenters. The normalized spacial score (nSPS) is 20.0. The summed E-state index contributed by atoms with van der Waals surface area (Å²) < 4.78 is 6.18. The van der Waals surface area contributed by atoms with Gasteiger partial charge in [0.25, 0.3) is 0 Å². The fraction of sp³-hybridized carbons (Fsp3) is 0.238. The summed E-state index contributed by atoms with van der Waals surface area (Å²) in [6, 6.07) is 34.4. The molecule has 2 aliphatic rings. The Morgan fingerprint density at radius 2 is 1.60 bits per heavy atom. The lowest BCUT2D eigenvalue weighted by molar-refractivity contribution is -0.140. The van der Waals surface area contributed by atoms with Crippen LogP contribution >= 0.6 is 11.3 Å². The average Bonchev–Trinajstić information content (AvgIpc) is 3.76. The molecule has 2 heterocycles. The van der Waals surface area contributed by atoms with Crippen LogP contribution in [0.4, 0.5) is 0 Å². The molecule has 0 bridgehead atoms. The van der Waals surface area contributed by atoms with Crippen LogP contribution in [0.15, 0.2) is 126 Å². The minimum atomic E-state index is -1.000. The molecule has 2 amide bonds. The van der Waals surface area contributed by atoms with Crippen LogP contribution in [0.25, 0.3) is 22.4 Å². The second-order valence-electron chi connectivity index (χ2n) is 12.9. The number of benzene rings is 4. The SMILES string of the molecule is O=C1[C@@H]2[C@@H](CC(COc3ccccc3)=C([C@H](O)CC/C(=C/c3ccc(O)c4ccccc34)c3ccccc3)[C@@H]2CO)C(=O)N1Cc1cccs1. The van der Waals surface area contributed by atoms with Crippen molar-refractivity contribution in [2.75, 3.05) is 13.2 Å². The summed E-state index contributed by atoms with van der Waals surface area (Å²) in [6.45, 7) is -0.0517. The van der Waals surface area contributed by atoms with Crippen molar-refractivity contribution in [1.29, 1.82) is 0 Å². The first-order valence-corrected chi connectivity index (χ1v) is 17.8. The fourth-order valence-electron chi connectivity index (χ4n) is 7.58. The first kappa shape index (κ1) is 33.5. The molecule has 0 radical (unpaired) electrons. The largest absolute Gasteiger partial charge is 0.507 e. The van der Waals surface area contributed by atoms with Crippen LogP contribution in [-0.4, -0.2) is 51.4 Å². The molecule has 4 atom stereocenters. The number of imide groups is 1. The zero-order valence-corrected chi connectivity index (χ0v) is 28.3. The summed E-state index contributed by atoms with van der Waals surface area (Å²) in [7, 11) is 0. The summed E-state index contributed by atoms with van der Waals surface area (Å²) >= 11 is 1.49. The number of ether oxygens (including phenoxy) is 1. The lowest BCUT2D eigenvalue weighted by atomic mass is 9.68. The maximum atomic E-state index is 13.9. The zero-order valence-electron chi connectivity index (χ0n) is 27.5. The van der Waals surface area contributed by atoms with Crippen molar-refractivity contribution in [1.82, 2.24) is 4.90 Å². The van der Waals surface area contributed by atoms with Crippen LogP contribution in [0.2, 0.25) is 0 Å². The summed E-state index contributed by atoms with van der Waals surface area (Å²) in [5, 5.41) is 37.0. The van der Waals surface area contributed by atoms with E-state index >= 15 is 0 Å². The first-order chi connectivity index (χ1) is 24.4. The third-order valence-corrected chi connectivity index (χ3v) is 10.8. The van der Waals surface area contributed by atoms with Gasteiger partial charge in [-0.15, -0.1) is 11.3 Å². The number of amides is 2. The van der Waals surface area contributed by atoms with Crippen molar-refractivity contribution in [3.63, 3.8) is 0 Å². The third-order valence-electron chi connectivity index (χ3n) is 9.98. The maximum Gasteiger partial charge on any atom is 0.234 e. The monoisotopic (exact) mass is 685 g/mol. The summed E-state index contributed by atoms with van der Waals surface area (Å²) in [5.41, 5.74) is 4.27. The van der Waals surface area contributed by atoms with Gasteiger partial charge < -0.3 is 20.1 Å². The van der Waals surface area contributed by atoms with Crippen molar-refractivity contribution >= 4 is 45.6 Å². The highest BCUT2D eigenvalue weighted by molar-refractivity contribution is 7.09. The second-order valence-corrected chi connectivity index (χ2v) is 14.0. The van der Waals surface area contributed by atoms with Crippen molar-refractivity contribution in [3.05, 3.63) is 142 Å². The number of phenols is 1. The Hall–Kier alpha value is -5.02. The van der Waals surface area contributed by atoms with Gasteiger partial charge in [-0.1, -0.05) is 91.0 Å². The predicted octanol–water partition coefficient (Wildman–Crippen LogP) is 7.48. The molecule has 0 spiro atoms. The molecule has 1 aliphatic carbocycles. The highest BCUT2D eigenvalue weighted by Gasteiger charge is 2.55. The molecular weight excluding hydrogens is 647 g/mol. The number of phenolic OH excluding ortho intramolecular Hbond substituents is 1. The Morgan fingerprint density at radius 3 is 2.32 bits per heavy atom. The van der Waals surface area contributed by atoms with Crippen LogP contribution in [-0.2, 0) is 16.1 Å². The zero-order chi connectivity index (χ0) is 34.6. The third kappa shape index (κ3) is 6.74. The molecule has 50 heavy (non-hydrogen) atoms. The van der Waals surface area contributed by atoms with Crippen molar-refractivity contribution in [3.8, 4) is 11.5 Å². The molecule has 1 aromatic heterocycles. The number of aromatic hydroxyl groups is 1. The number of thiophene rings is 1. The standard InChI is InChI=1S/C42H39NO6S/c44-25-36-39(38(46)20-17-28(27-10-3-1-4-11-27)22-29-18-19-37(45)34-16-8-7-15-33(29)34)30(26-49-31-12-5-2-6-13-31)23-35-40(36)42(48)43(41(35)47)24-32-14-9-21-50-32/h1-16,18-19,21-22,35-36,38,40,44-46H,17,20,23-26H2/b28-22-/t35-,36+,38-,40-/m1/s1. The molecular formula is C42H39NO6S. The smallest absolute Gasteiger partial charge is 0.234 e. The number of aliphatic hydroxyl groups excluding tert-OH is 2. The van der Waals surface area contributed by atoms with Crippen LogP contribution in [0, 0.1) is 17.8 Å². The lowest BCUT2D eigenvalue weighted by Crippen LogP contribution is -2.40. The number of hydrogen-bond acceptors (Lipinski definition) is 7. The molecule has 4 aromatic carbocycles. The molecule has 1 saturated heterocycles. The summed E-state index contributed by atoms with van der Waals surface area (Å²) in [5.74, 6) is -1.80. The van der Waals surface area contributed by atoms with E-state index in [1.54, 1.807) is 6.07 Å². The van der Waals surface area contributed by atoms with Crippen LogP contribution < -0.4 is 4.74 Å². The van der Waals surface area contributed by atoms with E-state index in [1.165, 1.54) is 16.2 Å². The molecule has 0 saturated carbocycles. The Balaban J connectivity index is 1.22. The predicted molar refractivity (Wildman–Crippen MR) is 196 cm³/mol. The number of allylic oxidation sites excluding steroid dienone is 1. The molecule has 8 heteroatoms. The summed E-state index contributed by atoms with van der Waals surface area (Å²) in [6.07, 6.45) is 2.17. The number of carbonyl (C=O) groups excluding carboxylic acids is 2. The highest BCUT2D eigenvalue weighted by atomic mass is 32.1. The lowest BCUT2D eigenvalue weighted by Gasteiger charge is -2.36. The molecule has 3 N–H and O–H groups in total. The maximum absolute atomic E-state index is 13.9. The highest BCUT2D eigenvalue weighted by Crippen LogP contribution is 2.47. The number of aliphatic hydroxyl groups is 2. The van der Waals surface area contributed by atoms with Crippen LogP contribution in [0.3, 0.4) is 0 Å². The topological polar surface area (TPSA) is 107 Å². The number of para-hydroxylation sites is 1. The van der Waals surface area contributed by atoms with Crippen LogP contribution in [0.5, 0.6) is 11.5 Å². The van der Waals surface area contributed by atoms with Gasteiger partial charge in [-0.2, -0.15) is 0 Å². The van der Waals surface area contributed by atoms with Crippen LogP contribution in [0.1, 0.15) is 35.3 Å². The fourth-order valence-corrected chi connectivity index (χ4v) is 8.27. The van der Waals surface area contributed by atoms with Gasteiger partial charge in [0.05, 0.1) is 31.1 Å². The van der Waals surface area contributed by atoms with E-state index < -0.39 is 23.9 Å². The van der Waals surface area contributed by atoms with Gasteiger partial charge in [-0.25, -0.2) is 0 Å². The van der Waals surface area contributed by atoms with Gasteiger partial charge in [0.2, 0.25) is 11.8 Å². The van der Waals surface area contributed by atoms with Gasteiger partial charge >= 0.3 is 0 Å². The number of nitrogens with zero attached hydrogens (tertiary/aromatic N) is 1. The van der Waals surface area contributed by atoms with Crippen molar-refractivity contribution in [2.45, 2.75) is 31.9 Å². The summed E-state index contributed by atoms with van der Waals surface area (Å²) in [4.78, 5) is 29.9. The number of likely N-dealkylation sites (tertiary alicyclic amines) is 1.